The quantitative estimate of drug-likeness (QED) is 0.477. The van der Waals surface area contributed by atoms with Crippen LogP contribution in [0.2, 0.25) is 0 Å². The van der Waals surface area contributed by atoms with Crippen LogP contribution in [0.5, 0.6) is 0 Å². The van der Waals surface area contributed by atoms with E-state index in [0.717, 1.165) is 0 Å². The molecule has 0 saturated heterocycles. The monoisotopic (exact) mass is 179 g/mol. The minimum Gasteiger partial charge on any atom is -0.291 e. The molecule has 4 nitrogen and oxygen atoms in total. The van der Waals surface area contributed by atoms with Crippen molar-refractivity contribution in [3.63, 3.8) is 0 Å². The highest BCUT2D eigenvalue weighted by Crippen LogP contribution is 1.99. The van der Waals surface area contributed by atoms with Gasteiger partial charge in [0.15, 0.2) is 6.29 Å². The maximum Gasteiger partial charge on any atom is 0.264 e. The van der Waals surface area contributed by atoms with E-state index in [1.54, 1.807) is 6.29 Å². The predicted octanol–water partition coefficient (Wildman–Crippen LogP) is 0.544. The number of rotatable bonds is 6. The van der Waals surface area contributed by atoms with Gasteiger partial charge in [0.1, 0.15) is 0 Å². The molecule has 0 rings (SSSR count). The van der Waals surface area contributed by atoms with Gasteiger partial charge in [-0.05, 0) is 12.8 Å². The summed E-state index contributed by atoms with van der Waals surface area (Å²) >= 11 is 0. The maximum absolute atomic E-state index is 10.1. The summed E-state index contributed by atoms with van der Waals surface area (Å²) in [6.07, 6.45) is 3.72. The van der Waals surface area contributed by atoms with Crippen LogP contribution in [0.4, 0.5) is 0 Å². The maximum atomic E-state index is 10.1. The van der Waals surface area contributed by atoms with Crippen molar-refractivity contribution >= 4 is 16.4 Å². The molecule has 0 fully saturated rings. The van der Waals surface area contributed by atoms with E-state index in [-0.39, 0.29) is 5.75 Å². The lowest BCUT2D eigenvalue weighted by molar-refractivity contribution is 0.479. The Morgan fingerprint density at radius 1 is 1.18 bits per heavy atom. The molecular formula is C6H11O4S. The summed E-state index contributed by atoms with van der Waals surface area (Å²) in [5, 5.41) is 0. The Morgan fingerprint density at radius 3 is 2.27 bits per heavy atom. The van der Waals surface area contributed by atoms with Crippen LogP contribution in [-0.4, -0.2) is 25.0 Å². The molecule has 11 heavy (non-hydrogen) atoms. The Balaban J connectivity index is 3.22. The Bertz CT molecular complexity index is 195. The molecule has 0 aromatic heterocycles. The summed E-state index contributed by atoms with van der Waals surface area (Å²) in [7, 11) is -3.81. The van der Waals surface area contributed by atoms with Gasteiger partial charge in [-0.25, -0.2) is 0 Å². The molecule has 1 radical (unpaired) electrons. The average molecular weight is 179 g/mol. The molecule has 0 bridgehead atoms. The molecule has 5 heteroatoms. The van der Waals surface area contributed by atoms with Crippen molar-refractivity contribution in [2.45, 2.75) is 25.7 Å². The van der Waals surface area contributed by atoms with Gasteiger partial charge in [-0.1, -0.05) is 6.42 Å². The largest absolute Gasteiger partial charge is 0.291 e. The standard InChI is InChI=1S/C6H11O4S/c7-5-3-1-2-4-6-11(8,9)10/h1-4,6H2,(H,8,9,10). The van der Waals surface area contributed by atoms with Gasteiger partial charge in [-0.2, -0.15) is 8.42 Å². The third-order valence-corrected chi connectivity index (χ3v) is 1.99. The zero-order valence-electron chi connectivity index (χ0n) is 6.12. The fraction of sp³-hybridized carbons (Fsp3) is 0.833. The Morgan fingerprint density at radius 2 is 1.82 bits per heavy atom. The summed E-state index contributed by atoms with van der Waals surface area (Å²) in [6, 6.07) is 0. The van der Waals surface area contributed by atoms with Crippen LogP contribution in [-0.2, 0) is 14.9 Å². The minimum atomic E-state index is -3.81. The SMILES string of the molecule is O=[C]CCCCCS(=O)(=O)O. The molecule has 0 aromatic rings. The highest BCUT2D eigenvalue weighted by atomic mass is 32.2. The summed E-state index contributed by atoms with van der Waals surface area (Å²) in [5.74, 6) is -0.216. The average Bonchev–Trinajstić information content (AvgIpc) is 1.85. The van der Waals surface area contributed by atoms with E-state index in [0.29, 0.717) is 25.7 Å². The molecule has 0 amide bonds. The summed E-state index contributed by atoms with van der Waals surface area (Å²) in [5.41, 5.74) is 0. The van der Waals surface area contributed by atoms with Crippen molar-refractivity contribution in [1.29, 1.82) is 0 Å². The van der Waals surface area contributed by atoms with E-state index >= 15 is 0 Å². The highest BCUT2D eigenvalue weighted by Gasteiger charge is 2.02. The van der Waals surface area contributed by atoms with Crippen LogP contribution >= 0.6 is 0 Å². The molecule has 0 saturated carbocycles. The Kier molecular flexibility index (Phi) is 5.06. The summed E-state index contributed by atoms with van der Waals surface area (Å²) < 4.78 is 28.6. The molecule has 1 N–H and O–H groups in total. The summed E-state index contributed by atoms with van der Waals surface area (Å²) in [4.78, 5) is 9.67. The van der Waals surface area contributed by atoms with Crippen molar-refractivity contribution in [2.24, 2.45) is 0 Å². The van der Waals surface area contributed by atoms with Crippen molar-refractivity contribution in [3.05, 3.63) is 0 Å². The number of carbonyl (C=O) groups excluding carboxylic acids is 1. The van der Waals surface area contributed by atoms with Gasteiger partial charge < -0.3 is 0 Å². The molecule has 0 aromatic carbocycles. The van der Waals surface area contributed by atoms with Crippen molar-refractivity contribution in [1.82, 2.24) is 0 Å². The zero-order valence-corrected chi connectivity index (χ0v) is 6.93. The van der Waals surface area contributed by atoms with Crippen molar-refractivity contribution in [2.75, 3.05) is 5.75 Å². The smallest absolute Gasteiger partial charge is 0.264 e. The first-order valence-electron chi connectivity index (χ1n) is 3.36. The fourth-order valence-electron chi connectivity index (χ4n) is 0.658. The Labute approximate surface area is 66.4 Å². The van der Waals surface area contributed by atoms with Gasteiger partial charge in [0.05, 0.1) is 5.75 Å². The van der Waals surface area contributed by atoms with Crippen LogP contribution in [0.1, 0.15) is 25.7 Å². The van der Waals surface area contributed by atoms with Gasteiger partial charge in [0.2, 0.25) is 0 Å². The van der Waals surface area contributed by atoms with Crippen LogP contribution in [0.3, 0.4) is 0 Å². The molecule has 0 heterocycles. The third kappa shape index (κ3) is 9.58. The van der Waals surface area contributed by atoms with Gasteiger partial charge in [-0.15, -0.1) is 0 Å². The van der Waals surface area contributed by atoms with Gasteiger partial charge in [0, 0.05) is 6.42 Å². The lowest BCUT2D eigenvalue weighted by atomic mass is 10.2. The van der Waals surface area contributed by atoms with Gasteiger partial charge in [-0.3, -0.25) is 9.35 Å². The van der Waals surface area contributed by atoms with Gasteiger partial charge in [0.25, 0.3) is 10.1 Å². The Hall–Kier alpha value is -0.420. The molecule has 0 atom stereocenters. The first-order chi connectivity index (χ1) is 5.06. The third-order valence-electron chi connectivity index (χ3n) is 1.18. The summed E-state index contributed by atoms with van der Waals surface area (Å²) in [6.45, 7) is 0. The number of hydrogen-bond donors (Lipinski definition) is 1. The molecule has 0 aliphatic heterocycles. The fourth-order valence-corrected chi connectivity index (χ4v) is 1.23. The first kappa shape index (κ1) is 10.6. The molecule has 0 spiro atoms. The van der Waals surface area contributed by atoms with E-state index in [2.05, 4.69) is 0 Å². The van der Waals surface area contributed by atoms with Crippen LogP contribution in [0.15, 0.2) is 0 Å². The van der Waals surface area contributed by atoms with Gasteiger partial charge >= 0.3 is 0 Å². The molecule has 0 aliphatic carbocycles. The lowest BCUT2D eigenvalue weighted by Gasteiger charge is -1.94. The number of unbranched alkanes of at least 4 members (excludes halogenated alkanes) is 3. The van der Waals surface area contributed by atoms with E-state index in [9.17, 15) is 13.2 Å². The lowest BCUT2D eigenvalue weighted by Crippen LogP contribution is -2.03. The van der Waals surface area contributed by atoms with E-state index in [1.165, 1.54) is 0 Å². The topological polar surface area (TPSA) is 71.4 Å². The number of hydrogen-bond acceptors (Lipinski definition) is 3. The zero-order chi connectivity index (χ0) is 8.74. The predicted molar refractivity (Wildman–Crippen MR) is 40.6 cm³/mol. The second kappa shape index (κ2) is 5.26. The van der Waals surface area contributed by atoms with E-state index in [4.69, 9.17) is 4.55 Å². The second-order valence-corrected chi connectivity index (χ2v) is 3.81. The van der Waals surface area contributed by atoms with Crippen LogP contribution in [0, 0.1) is 0 Å². The second-order valence-electron chi connectivity index (χ2n) is 2.24. The van der Waals surface area contributed by atoms with Crippen molar-refractivity contribution < 1.29 is 17.8 Å². The molecule has 0 aliphatic rings. The minimum absolute atomic E-state index is 0.216. The molecule has 65 valence electrons. The van der Waals surface area contributed by atoms with E-state index < -0.39 is 10.1 Å². The molecule has 0 unspecified atom stereocenters. The van der Waals surface area contributed by atoms with E-state index in [1.807, 2.05) is 0 Å². The normalized spacial score (nSPS) is 11.4. The van der Waals surface area contributed by atoms with Crippen LogP contribution in [0.25, 0.3) is 0 Å². The van der Waals surface area contributed by atoms with Crippen LogP contribution < -0.4 is 0 Å². The first-order valence-corrected chi connectivity index (χ1v) is 4.97. The highest BCUT2D eigenvalue weighted by molar-refractivity contribution is 7.85. The molecular weight excluding hydrogens is 168 g/mol. The van der Waals surface area contributed by atoms with Crippen molar-refractivity contribution in [3.8, 4) is 0 Å².